The van der Waals surface area contributed by atoms with Crippen LogP contribution in [0.15, 0.2) is 0 Å². The summed E-state index contributed by atoms with van der Waals surface area (Å²) in [6.45, 7) is 6.01. The summed E-state index contributed by atoms with van der Waals surface area (Å²) < 4.78 is 23.2. The molecule has 0 saturated carbocycles. The van der Waals surface area contributed by atoms with Crippen molar-refractivity contribution in [1.82, 2.24) is 5.32 Å². The molecule has 0 aromatic heterocycles. The van der Waals surface area contributed by atoms with Crippen molar-refractivity contribution in [1.29, 1.82) is 0 Å². The van der Waals surface area contributed by atoms with E-state index < -0.39 is 9.84 Å². The van der Waals surface area contributed by atoms with Crippen molar-refractivity contribution >= 4 is 9.84 Å². The Morgan fingerprint density at radius 3 is 2.43 bits per heavy atom. The fourth-order valence-corrected chi connectivity index (χ4v) is 3.35. The first-order valence-electron chi connectivity index (χ1n) is 5.41. The first-order valence-corrected chi connectivity index (χ1v) is 7.23. The minimum absolute atomic E-state index is 0.374. The topological polar surface area (TPSA) is 46.2 Å². The average molecular weight is 219 g/mol. The summed E-state index contributed by atoms with van der Waals surface area (Å²) in [5.41, 5.74) is 0. The Hall–Kier alpha value is -0.0900. The molecule has 84 valence electrons. The predicted octanol–water partition coefficient (Wildman–Crippen LogP) is 1.06. The van der Waals surface area contributed by atoms with Crippen LogP contribution in [0.2, 0.25) is 0 Å². The number of rotatable bonds is 6. The van der Waals surface area contributed by atoms with Crippen molar-refractivity contribution in [3.8, 4) is 0 Å². The SMILES string of the molecule is CC(C)CCCS(=O)(=O)CC1CNC1. The molecule has 1 aliphatic heterocycles. The Morgan fingerprint density at radius 2 is 2.00 bits per heavy atom. The number of nitrogens with one attached hydrogen (secondary N) is 1. The summed E-state index contributed by atoms with van der Waals surface area (Å²) in [5, 5.41) is 3.09. The van der Waals surface area contributed by atoms with Gasteiger partial charge in [-0.15, -0.1) is 0 Å². The quantitative estimate of drug-likeness (QED) is 0.726. The summed E-state index contributed by atoms with van der Waals surface area (Å²) in [7, 11) is -2.78. The van der Waals surface area contributed by atoms with Crippen molar-refractivity contribution < 1.29 is 8.42 Å². The molecule has 1 saturated heterocycles. The van der Waals surface area contributed by atoms with Gasteiger partial charge in [0.15, 0.2) is 9.84 Å². The molecule has 0 atom stereocenters. The highest BCUT2D eigenvalue weighted by molar-refractivity contribution is 7.91. The molecule has 1 heterocycles. The van der Waals surface area contributed by atoms with E-state index in [9.17, 15) is 8.42 Å². The van der Waals surface area contributed by atoms with Gasteiger partial charge >= 0.3 is 0 Å². The van der Waals surface area contributed by atoms with Crippen LogP contribution in [0.4, 0.5) is 0 Å². The number of sulfone groups is 1. The molecule has 1 fully saturated rings. The largest absolute Gasteiger partial charge is 0.316 e. The van der Waals surface area contributed by atoms with Gasteiger partial charge in [0.1, 0.15) is 0 Å². The van der Waals surface area contributed by atoms with E-state index in [-0.39, 0.29) is 0 Å². The Labute approximate surface area is 87.2 Å². The lowest BCUT2D eigenvalue weighted by Crippen LogP contribution is -2.45. The fourth-order valence-electron chi connectivity index (χ4n) is 1.62. The first kappa shape index (κ1) is 12.0. The molecular formula is C10H21NO2S. The van der Waals surface area contributed by atoms with E-state index in [2.05, 4.69) is 19.2 Å². The molecule has 0 bridgehead atoms. The Bertz CT molecular complexity index is 255. The van der Waals surface area contributed by atoms with Gasteiger partial charge in [0.05, 0.1) is 11.5 Å². The van der Waals surface area contributed by atoms with Crippen molar-refractivity contribution in [3.63, 3.8) is 0 Å². The standard InChI is InChI=1S/C10H21NO2S/c1-9(2)4-3-5-14(12,13)8-10-6-11-7-10/h9-11H,3-8H2,1-2H3. The molecule has 0 radical (unpaired) electrons. The Kier molecular flexibility index (Phi) is 4.38. The molecule has 1 N–H and O–H groups in total. The fraction of sp³-hybridized carbons (Fsp3) is 1.00. The van der Waals surface area contributed by atoms with Gasteiger partial charge in [-0.25, -0.2) is 8.42 Å². The molecule has 4 heteroatoms. The highest BCUT2D eigenvalue weighted by atomic mass is 32.2. The molecule has 0 aromatic rings. The van der Waals surface area contributed by atoms with Crippen LogP contribution < -0.4 is 5.32 Å². The van der Waals surface area contributed by atoms with E-state index in [0.29, 0.717) is 23.3 Å². The third kappa shape index (κ3) is 4.42. The van der Waals surface area contributed by atoms with Crippen molar-refractivity contribution in [3.05, 3.63) is 0 Å². The Balaban J connectivity index is 2.19. The van der Waals surface area contributed by atoms with Crippen LogP contribution in [0.5, 0.6) is 0 Å². The van der Waals surface area contributed by atoms with E-state index >= 15 is 0 Å². The van der Waals surface area contributed by atoms with E-state index in [1.807, 2.05) is 0 Å². The molecule has 0 aromatic carbocycles. The minimum Gasteiger partial charge on any atom is -0.316 e. The van der Waals surface area contributed by atoms with Gasteiger partial charge in [-0.05, 0) is 18.3 Å². The van der Waals surface area contributed by atoms with E-state index in [1.54, 1.807) is 0 Å². The van der Waals surface area contributed by atoms with Gasteiger partial charge in [-0.2, -0.15) is 0 Å². The lowest BCUT2D eigenvalue weighted by atomic mass is 10.1. The smallest absolute Gasteiger partial charge is 0.150 e. The van der Waals surface area contributed by atoms with Gasteiger partial charge in [-0.1, -0.05) is 20.3 Å². The maximum absolute atomic E-state index is 11.6. The zero-order valence-corrected chi connectivity index (χ0v) is 9.94. The summed E-state index contributed by atoms with van der Waals surface area (Å²) in [4.78, 5) is 0. The van der Waals surface area contributed by atoms with Gasteiger partial charge in [0, 0.05) is 13.1 Å². The molecule has 0 amide bonds. The second-order valence-electron chi connectivity index (χ2n) is 4.67. The van der Waals surface area contributed by atoms with Crippen LogP contribution in [-0.2, 0) is 9.84 Å². The normalized spacial score (nSPS) is 18.5. The van der Waals surface area contributed by atoms with Gasteiger partial charge in [0.25, 0.3) is 0 Å². The van der Waals surface area contributed by atoms with Crippen LogP contribution in [-0.4, -0.2) is 33.0 Å². The summed E-state index contributed by atoms with van der Waals surface area (Å²) in [5.74, 6) is 1.74. The van der Waals surface area contributed by atoms with Crippen LogP contribution >= 0.6 is 0 Å². The lowest BCUT2D eigenvalue weighted by Gasteiger charge is -2.26. The summed E-state index contributed by atoms with van der Waals surface area (Å²) >= 11 is 0. The van der Waals surface area contributed by atoms with Crippen LogP contribution in [0.1, 0.15) is 26.7 Å². The predicted molar refractivity (Wildman–Crippen MR) is 59.1 cm³/mol. The lowest BCUT2D eigenvalue weighted by molar-refractivity contribution is 0.378. The zero-order chi connectivity index (χ0) is 10.6. The van der Waals surface area contributed by atoms with Crippen molar-refractivity contribution in [2.24, 2.45) is 11.8 Å². The molecule has 1 aliphatic rings. The number of hydrogen-bond donors (Lipinski definition) is 1. The second kappa shape index (κ2) is 5.12. The average Bonchev–Trinajstić information content (AvgIpc) is 1.96. The minimum atomic E-state index is -2.78. The van der Waals surface area contributed by atoms with Crippen LogP contribution in [0, 0.1) is 11.8 Å². The van der Waals surface area contributed by atoms with Gasteiger partial charge < -0.3 is 5.32 Å². The Morgan fingerprint density at radius 1 is 1.36 bits per heavy atom. The zero-order valence-electron chi connectivity index (χ0n) is 9.12. The maximum Gasteiger partial charge on any atom is 0.150 e. The highest BCUT2D eigenvalue weighted by Gasteiger charge is 2.23. The first-order chi connectivity index (χ1) is 6.49. The molecule has 0 aliphatic carbocycles. The summed E-state index contributed by atoms with van der Waals surface area (Å²) in [6.07, 6.45) is 1.84. The van der Waals surface area contributed by atoms with Crippen molar-refractivity contribution in [2.45, 2.75) is 26.7 Å². The van der Waals surface area contributed by atoms with Gasteiger partial charge in [0.2, 0.25) is 0 Å². The van der Waals surface area contributed by atoms with E-state index in [1.165, 1.54) is 0 Å². The van der Waals surface area contributed by atoms with E-state index in [0.717, 1.165) is 25.9 Å². The van der Waals surface area contributed by atoms with Gasteiger partial charge in [-0.3, -0.25) is 0 Å². The molecule has 14 heavy (non-hydrogen) atoms. The monoisotopic (exact) mass is 219 g/mol. The third-order valence-corrected chi connectivity index (χ3v) is 4.48. The number of hydrogen-bond acceptors (Lipinski definition) is 3. The molecule has 3 nitrogen and oxygen atoms in total. The third-order valence-electron chi connectivity index (χ3n) is 2.59. The molecule has 0 spiro atoms. The molecule has 1 rings (SSSR count). The van der Waals surface area contributed by atoms with E-state index in [4.69, 9.17) is 0 Å². The second-order valence-corrected chi connectivity index (χ2v) is 6.90. The molecular weight excluding hydrogens is 198 g/mol. The summed E-state index contributed by atoms with van der Waals surface area (Å²) in [6, 6.07) is 0. The molecule has 0 unspecified atom stereocenters. The van der Waals surface area contributed by atoms with Crippen LogP contribution in [0.25, 0.3) is 0 Å². The van der Waals surface area contributed by atoms with Crippen LogP contribution in [0.3, 0.4) is 0 Å². The van der Waals surface area contributed by atoms with Crippen molar-refractivity contribution in [2.75, 3.05) is 24.6 Å². The highest BCUT2D eigenvalue weighted by Crippen LogP contribution is 2.11. The maximum atomic E-state index is 11.6.